The molecule has 0 aliphatic heterocycles. The van der Waals surface area contributed by atoms with Gasteiger partial charge in [-0.05, 0) is 19.4 Å². The highest BCUT2D eigenvalue weighted by atomic mass is 16.5. The monoisotopic (exact) mass is 118 g/mol. The average Bonchev–Trinajstić information content (AvgIpc) is 1.66. The maximum atomic E-state index is 8.29. The summed E-state index contributed by atoms with van der Waals surface area (Å²) in [6, 6.07) is 0. The number of rotatable bonds is 4. The normalized spacial score (nSPS) is 10.5. The molecule has 3 heteroatoms. The van der Waals surface area contributed by atoms with Crippen molar-refractivity contribution >= 4 is 0 Å². The van der Waals surface area contributed by atoms with Gasteiger partial charge >= 0.3 is 0 Å². The molecule has 0 heterocycles. The van der Waals surface area contributed by atoms with Gasteiger partial charge in [0.15, 0.2) is 6.29 Å². The first-order valence-corrected chi connectivity index (χ1v) is 2.63. The molecule has 0 saturated heterocycles. The van der Waals surface area contributed by atoms with Gasteiger partial charge in [-0.3, -0.25) is 0 Å². The second kappa shape index (κ2) is 5.03. The molecule has 3 nitrogen and oxygen atoms in total. The van der Waals surface area contributed by atoms with Crippen LogP contribution in [0.4, 0.5) is 0 Å². The second-order valence-electron chi connectivity index (χ2n) is 1.62. The van der Waals surface area contributed by atoms with Gasteiger partial charge in [-0.2, -0.15) is 0 Å². The Balaban J connectivity index is 2.72. The highest BCUT2D eigenvalue weighted by Gasteiger charge is 1.93. The van der Waals surface area contributed by atoms with Crippen LogP contribution in [0.2, 0.25) is 0 Å². The second-order valence-corrected chi connectivity index (χ2v) is 1.62. The van der Waals surface area contributed by atoms with Crippen LogP contribution < -0.4 is 5.32 Å². The van der Waals surface area contributed by atoms with E-state index in [-0.39, 0.29) is 0 Å². The third-order valence-electron chi connectivity index (χ3n) is 0.816. The van der Waals surface area contributed by atoms with Crippen LogP contribution in [0.1, 0.15) is 12.8 Å². The van der Waals surface area contributed by atoms with Crippen molar-refractivity contribution in [3.05, 3.63) is 7.05 Å². The molecular formula is C5H12NO2. The van der Waals surface area contributed by atoms with E-state index in [0.717, 1.165) is 13.0 Å². The first-order chi connectivity index (χ1) is 3.77. The average molecular weight is 118 g/mol. The fourth-order valence-corrected chi connectivity index (χ4v) is 0.410. The van der Waals surface area contributed by atoms with E-state index in [1.165, 1.54) is 0 Å². The van der Waals surface area contributed by atoms with Crippen LogP contribution in [0.15, 0.2) is 0 Å². The minimum Gasteiger partial charge on any atom is -0.368 e. The van der Waals surface area contributed by atoms with Crippen molar-refractivity contribution in [1.82, 2.24) is 5.32 Å². The third kappa shape index (κ3) is 5.88. The summed E-state index contributed by atoms with van der Waals surface area (Å²) >= 11 is 0. The third-order valence-corrected chi connectivity index (χ3v) is 0.816. The van der Waals surface area contributed by atoms with Gasteiger partial charge in [-0.15, -0.1) is 0 Å². The SMILES string of the molecule is [CH2]NCCCC(O)O. The van der Waals surface area contributed by atoms with Crippen molar-refractivity contribution in [2.24, 2.45) is 0 Å². The zero-order chi connectivity index (χ0) is 6.41. The molecule has 0 unspecified atom stereocenters. The van der Waals surface area contributed by atoms with Crippen LogP contribution in [0.5, 0.6) is 0 Å². The quantitative estimate of drug-likeness (QED) is 0.343. The fourth-order valence-electron chi connectivity index (χ4n) is 0.410. The lowest BCUT2D eigenvalue weighted by molar-refractivity contribution is -0.0459. The summed E-state index contributed by atoms with van der Waals surface area (Å²) < 4.78 is 0. The van der Waals surface area contributed by atoms with E-state index in [9.17, 15) is 0 Å². The van der Waals surface area contributed by atoms with E-state index in [4.69, 9.17) is 10.2 Å². The van der Waals surface area contributed by atoms with Crippen molar-refractivity contribution in [1.29, 1.82) is 0 Å². The van der Waals surface area contributed by atoms with Crippen LogP contribution in [0.25, 0.3) is 0 Å². The van der Waals surface area contributed by atoms with Crippen molar-refractivity contribution < 1.29 is 10.2 Å². The molecule has 0 atom stereocenters. The molecular weight excluding hydrogens is 106 g/mol. The Hall–Kier alpha value is -0.120. The minimum atomic E-state index is -1.16. The summed E-state index contributed by atoms with van der Waals surface area (Å²) in [4.78, 5) is 0. The van der Waals surface area contributed by atoms with Crippen molar-refractivity contribution in [2.75, 3.05) is 6.54 Å². The largest absolute Gasteiger partial charge is 0.368 e. The highest BCUT2D eigenvalue weighted by Crippen LogP contribution is 1.89. The molecule has 0 aromatic rings. The van der Waals surface area contributed by atoms with Crippen LogP contribution in [0, 0.1) is 7.05 Å². The number of hydrogen-bond acceptors (Lipinski definition) is 3. The van der Waals surface area contributed by atoms with Crippen molar-refractivity contribution in [2.45, 2.75) is 19.1 Å². The zero-order valence-corrected chi connectivity index (χ0v) is 4.80. The Morgan fingerprint density at radius 2 is 2.12 bits per heavy atom. The lowest BCUT2D eigenvalue weighted by atomic mass is 10.3. The molecule has 0 aromatic carbocycles. The molecule has 3 N–H and O–H groups in total. The van der Waals surface area contributed by atoms with E-state index in [0.29, 0.717) is 6.42 Å². The molecule has 0 amide bonds. The van der Waals surface area contributed by atoms with E-state index in [1.807, 2.05) is 0 Å². The lowest BCUT2D eigenvalue weighted by Crippen LogP contribution is -2.10. The molecule has 8 heavy (non-hydrogen) atoms. The number of nitrogens with one attached hydrogen (secondary N) is 1. The van der Waals surface area contributed by atoms with Crippen molar-refractivity contribution in [3.8, 4) is 0 Å². The smallest absolute Gasteiger partial charge is 0.151 e. The Morgan fingerprint density at radius 3 is 2.50 bits per heavy atom. The number of hydrogen-bond donors (Lipinski definition) is 3. The molecule has 1 radical (unpaired) electrons. The molecule has 0 saturated carbocycles. The van der Waals surface area contributed by atoms with Gasteiger partial charge in [0.2, 0.25) is 0 Å². The summed E-state index contributed by atoms with van der Waals surface area (Å²) in [6.07, 6.45) is 0.00676. The lowest BCUT2D eigenvalue weighted by Gasteiger charge is -2.00. The van der Waals surface area contributed by atoms with E-state index < -0.39 is 6.29 Å². The molecule has 0 rings (SSSR count). The van der Waals surface area contributed by atoms with Gasteiger partial charge in [0.1, 0.15) is 0 Å². The van der Waals surface area contributed by atoms with Gasteiger partial charge in [-0.25, -0.2) is 0 Å². The summed E-state index contributed by atoms with van der Waals surface area (Å²) in [6.45, 7) is 0.734. The van der Waals surface area contributed by atoms with Gasteiger partial charge in [0.25, 0.3) is 0 Å². The van der Waals surface area contributed by atoms with Gasteiger partial charge in [0, 0.05) is 7.05 Å². The minimum absolute atomic E-state index is 0.419. The standard InChI is InChI=1S/C5H12NO2/c1-6-4-2-3-5(7)8/h5-8H,1-4H2. The summed E-state index contributed by atoms with van der Waals surface area (Å²) in [5, 5.41) is 19.2. The first kappa shape index (κ1) is 7.88. The van der Waals surface area contributed by atoms with Crippen LogP contribution >= 0.6 is 0 Å². The molecule has 0 spiro atoms. The molecule has 0 aliphatic carbocycles. The van der Waals surface area contributed by atoms with Gasteiger partial charge in [-0.1, -0.05) is 0 Å². The number of aliphatic hydroxyl groups excluding tert-OH is 1. The molecule has 0 aromatic heterocycles. The Morgan fingerprint density at radius 1 is 1.50 bits per heavy atom. The van der Waals surface area contributed by atoms with Crippen molar-refractivity contribution in [3.63, 3.8) is 0 Å². The van der Waals surface area contributed by atoms with Gasteiger partial charge in [0.05, 0.1) is 0 Å². The fraction of sp³-hybridized carbons (Fsp3) is 0.800. The predicted molar refractivity (Wildman–Crippen MR) is 30.8 cm³/mol. The molecule has 0 fully saturated rings. The summed E-state index contributed by atoms with van der Waals surface area (Å²) in [5.74, 6) is 0. The Labute approximate surface area is 49.3 Å². The Bertz CT molecular complexity index is 47.7. The molecule has 0 bridgehead atoms. The molecule has 49 valence electrons. The summed E-state index contributed by atoms with van der Waals surface area (Å²) in [7, 11) is 3.37. The van der Waals surface area contributed by atoms with E-state index in [2.05, 4.69) is 12.4 Å². The van der Waals surface area contributed by atoms with Crippen LogP contribution in [-0.2, 0) is 0 Å². The topological polar surface area (TPSA) is 52.5 Å². The van der Waals surface area contributed by atoms with E-state index in [1.54, 1.807) is 0 Å². The van der Waals surface area contributed by atoms with Gasteiger partial charge < -0.3 is 15.5 Å². The van der Waals surface area contributed by atoms with Crippen LogP contribution in [-0.4, -0.2) is 23.0 Å². The number of aliphatic hydroxyl groups is 2. The van der Waals surface area contributed by atoms with E-state index >= 15 is 0 Å². The first-order valence-electron chi connectivity index (χ1n) is 2.63. The summed E-state index contributed by atoms with van der Waals surface area (Å²) in [5.41, 5.74) is 0. The maximum Gasteiger partial charge on any atom is 0.151 e. The Kier molecular flexibility index (Phi) is 4.95. The highest BCUT2D eigenvalue weighted by molar-refractivity contribution is 4.45. The van der Waals surface area contributed by atoms with Crippen LogP contribution in [0.3, 0.4) is 0 Å². The zero-order valence-electron chi connectivity index (χ0n) is 4.80. The molecule has 0 aliphatic rings. The maximum absolute atomic E-state index is 8.29. The predicted octanol–water partition coefficient (Wildman–Crippen LogP) is -0.542.